The number of nitrogens with zero attached hydrogens (tertiary/aromatic N) is 3. The summed E-state index contributed by atoms with van der Waals surface area (Å²) in [6, 6.07) is -1.26. The van der Waals surface area contributed by atoms with E-state index < -0.39 is 33.4 Å². The predicted octanol–water partition coefficient (Wildman–Crippen LogP) is 3.72. The van der Waals surface area contributed by atoms with Gasteiger partial charge in [0.15, 0.2) is 0 Å². The predicted molar refractivity (Wildman–Crippen MR) is 150 cm³/mol. The highest BCUT2D eigenvalue weighted by Gasteiger charge is 2.78. The Labute approximate surface area is 227 Å². The second-order valence-electron chi connectivity index (χ2n) is 11.9. The summed E-state index contributed by atoms with van der Waals surface area (Å²) in [7, 11) is 0. The van der Waals surface area contributed by atoms with Gasteiger partial charge in [0.1, 0.15) is 6.04 Å². The van der Waals surface area contributed by atoms with E-state index in [1.54, 1.807) is 33.7 Å². The van der Waals surface area contributed by atoms with Gasteiger partial charge >= 0.3 is 0 Å². The standard InChI is InChI=1S/C29H47N3O4S/c1-9-14-30(15-10-2)25(34)22-23-26(35)32(21(18-33)17-19(4)5)24(27(36)31(16-11-3)20(6)7)29(23)13-12-28(22,8)37-29/h9,11,19-24,33H,1,3,10,12-18H2,2,4-8H3/t21-,22-,23+,24?,28+,29?/m1/s1. The van der Waals surface area contributed by atoms with Crippen molar-refractivity contribution < 1.29 is 19.5 Å². The van der Waals surface area contributed by atoms with Crippen LogP contribution in [0.15, 0.2) is 25.3 Å². The van der Waals surface area contributed by atoms with Gasteiger partial charge in [-0.25, -0.2) is 0 Å². The number of amides is 3. The maximum atomic E-state index is 14.4. The first-order valence-corrected chi connectivity index (χ1v) is 14.7. The highest BCUT2D eigenvalue weighted by Crippen LogP contribution is 2.72. The second kappa shape index (κ2) is 11.5. The molecule has 3 saturated heterocycles. The first-order valence-electron chi connectivity index (χ1n) is 13.9. The highest BCUT2D eigenvalue weighted by atomic mass is 32.2. The van der Waals surface area contributed by atoms with E-state index in [4.69, 9.17) is 0 Å². The SMILES string of the molecule is C=CCN(CCC)C(=O)[C@H]1[C@H]2C(=O)N([C@@H](CO)CC(C)C)C(C(=O)N(CC=C)C(C)C)C23CC[C@]1(C)S3. The molecule has 0 saturated carbocycles. The van der Waals surface area contributed by atoms with E-state index in [0.29, 0.717) is 32.5 Å². The molecule has 3 aliphatic rings. The number of hydrogen-bond donors (Lipinski definition) is 1. The molecule has 1 spiro atoms. The third-order valence-corrected chi connectivity index (χ3v) is 10.4. The lowest BCUT2D eigenvalue weighted by atomic mass is 9.66. The molecule has 3 amide bonds. The van der Waals surface area contributed by atoms with Crippen LogP contribution in [-0.2, 0) is 14.4 Å². The van der Waals surface area contributed by atoms with Crippen LogP contribution in [0.25, 0.3) is 0 Å². The number of likely N-dealkylation sites (tertiary alicyclic amines) is 1. The van der Waals surface area contributed by atoms with Crippen LogP contribution >= 0.6 is 11.8 Å². The van der Waals surface area contributed by atoms with Crippen molar-refractivity contribution >= 4 is 29.5 Å². The molecule has 1 N–H and O–H groups in total. The van der Waals surface area contributed by atoms with Crippen LogP contribution < -0.4 is 0 Å². The Morgan fingerprint density at radius 1 is 1.16 bits per heavy atom. The molecule has 0 radical (unpaired) electrons. The first-order chi connectivity index (χ1) is 17.4. The fourth-order valence-corrected chi connectivity index (χ4v) is 9.33. The summed E-state index contributed by atoms with van der Waals surface area (Å²) in [6.45, 7) is 21.1. The summed E-state index contributed by atoms with van der Waals surface area (Å²) in [5.74, 6) is -1.11. The van der Waals surface area contributed by atoms with Gasteiger partial charge in [0.2, 0.25) is 17.7 Å². The normalized spacial score (nSPS) is 31.1. The van der Waals surface area contributed by atoms with Gasteiger partial charge in [-0.3, -0.25) is 14.4 Å². The van der Waals surface area contributed by atoms with Crippen LogP contribution in [0.2, 0.25) is 0 Å². The van der Waals surface area contributed by atoms with E-state index >= 15 is 0 Å². The lowest BCUT2D eigenvalue weighted by Crippen LogP contribution is -2.58. The molecule has 2 unspecified atom stereocenters. The number of fused-ring (bicyclic) bond motifs is 1. The molecule has 3 aliphatic heterocycles. The zero-order valence-electron chi connectivity index (χ0n) is 23.6. The van der Waals surface area contributed by atoms with Crippen LogP contribution in [0.4, 0.5) is 0 Å². The molecule has 3 rings (SSSR count). The zero-order chi connectivity index (χ0) is 27.7. The number of rotatable bonds is 13. The van der Waals surface area contributed by atoms with E-state index in [-0.39, 0.29) is 36.3 Å². The van der Waals surface area contributed by atoms with Gasteiger partial charge in [-0.2, -0.15) is 0 Å². The van der Waals surface area contributed by atoms with Crippen LogP contribution in [0, 0.1) is 17.8 Å². The molecule has 0 aromatic rings. The van der Waals surface area contributed by atoms with Gasteiger partial charge in [0, 0.05) is 30.4 Å². The van der Waals surface area contributed by atoms with Crippen molar-refractivity contribution in [3.63, 3.8) is 0 Å². The summed E-state index contributed by atoms with van der Waals surface area (Å²) >= 11 is 1.69. The Balaban J connectivity index is 2.16. The average Bonchev–Trinajstić information content (AvgIpc) is 3.40. The lowest BCUT2D eigenvalue weighted by Gasteiger charge is -2.41. The highest BCUT2D eigenvalue weighted by molar-refractivity contribution is 8.02. The van der Waals surface area contributed by atoms with Gasteiger partial charge in [-0.1, -0.05) is 32.9 Å². The molecule has 2 bridgehead atoms. The van der Waals surface area contributed by atoms with E-state index in [2.05, 4.69) is 33.9 Å². The number of carbonyl (C=O) groups is 3. The maximum Gasteiger partial charge on any atom is 0.247 e. The van der Waals surface area contributed by atoms with Crippen molar-refractivity contribution in [3.8, 4) is 0 Å². The minimum atomic E-state index is -0.716. The largest absolute Gasteiger partial charge is 0.394 e. The molecule has 3 heterocycles. The molecule has 8 heteroatoms. The van der Waals surface area contributed by atoms with Crippen molar-refractivity contribution in [1.82, 2.24) is 14.7 Å². The van der Waals surface area contributed by atoms with E-state index in [1.165, 1.54) is 0 Å². The molecule has 7 nitrogen and oxygen atoms in total. The van der Waals surface area contributed by atoms with Crippen LogP contribution in [0.3, 0.4) is 0 Å². The molecule has 208 valence electrons. The zero-order valence-corrected chi connectivity index (χ0v) is 24.4. The fourth-order valence-electron chi connectivity index (χ4n) is 7.00. The topological polar surface area (TPSA) is 81.2 Å². The Hall–Kier alpha value is -1.80. The van der Waals surface area contributed by atoms with Crippen LogP contribution in [0.5, 0.6) is 0 Å². The van der Waals surface area contributed by atoms with Gasteiger partial charge in [-0.05, 0) is 52.4 Å². The van der Waals surface area contributed by atoms with Gasteiger partial charge in [-0.15, -0.1) is 24.9 Å². The molecule has 0 aliphatic carbocycles. The van der Waals surface area contributed by atoms with Gasteiger partial charge in [0.25, 0.3) is 0 Å². The molecule has 37 heavy (non-hydrogen) atoms. The molecule has 3 fully saturated rings. The number of aliphatic hydroxyl groups excluding tert-OH is 1. The number of aliphatic hydroxyl groups is 1. The van der Waals surface area contributed by atoms with Crippen LogP contribution in [-0.4, -0.2) is 91.4 Å². The van der Waals surface area contributed by atoms with Crippen LogP contribution in [0.1, 0.15) is 67.2 Å². The fraction of sp³-hybridized carbons (Fsp3) is 0.759. The average molecular weight is 534 g/mol. The molecule has 0 aromatic carbocycles. The first kappa shape index (κ1) is 29.8. The molecular formula is C29H47N3O4S. The summed E-state index contributed by atoms with van der Waals surface area (Å²) in [6.07, 6.45) is 6.35. The number of hydrogen-bond acceptors (Lipinski definition) is 5. The van der Waals surface area contributed by atoms with Crippen molar-refractivity contribution in [2.45, 2.75) is 94.8 Å². The smallest absolute Gasteiger partial charge is 0.247 e. The van der Waals surface area contributed by atoms with Crippen molar-refractivity contribution in [2.75, 3.05) is 26.2 Å². The molecule has 0 aromatic heterocycles. The minimum absolute atomic E-state index is 0.0130. The van der Waals surface area contributed by atoms with Crippen molar-refractivity contribution in [2.24, 2.45) is 17.8 Å². The summed E-state index contributed by atoms with van der Waals surface area (Å²) in [4.78, 5) is 48.2. The van der Waals surface area contributed by atoms with Gasteiger partial charge < -0.3 is 19.8 Å². The lowest BCUT2D eigenvalue weighted by molar-refractivity contribution is -0.148. The quantitative estimate of drug-likeness (QED) is 0.365. The summed E-state index contributed by atoms with van der Waals surface area (Å²) < 4.78 is -1.10. The third-order valence-electron chi connectivity index (χ3n) is 8.45. The Morgan fingerprint density at radius 3 is 2.32 bits per heavy atom. The number of carbonyl (C=O) groups excluding carboxylic acids is 3. The molecular weight excluding hydrogens is 486 g/mol. The maximum absolute atomic E-state index is 14.4. The Bertz CT molecular complexity index is 908. The van der Waals surface area contributed by atoms with E-state index in [0.717, 1.165) is 12.8 Å². The summed E-state index contributed by atoms with van der Waals surface area (Å²) in [5, 5.41) is 10.5. The third kappa shape index (κ3) is 5.00. The Morgan fingerprint density at radius 2 is 1.81 bits per heavy atom. The van der Waals surface area contributed by atoms with Gasteiger partial charge in [0.05, 0.1) is 29.2 Å². The van der Waals surface area contributed by atoms with E-state index in [9.17, 15) is 19.5 Å². The monoisotopic (exact) mass is 533 g/mol. The minimum Gasteiger partial charge on any atom is -0.394 e. The number of thioether (sulfide) groups is 1. The van der Waals surface area contributed by atoms with Crippen molar-refractivity contribution in [3.05, 3.63) is 25.3 Å². The second-order valence-corrected chi connectivity index (χ2v) is 13.8. The summed E-state index contributed by atoms with van der Waals surface area (Å²) in [5.41, 5.74) is 0. The molecule has 6 atom stereocenters. The van der Waals surface area contributed by atoms with Crippen molar-refractivity contribution in [1.29, 1.82) is 0 Å². The van der Waals surface area contributed by atoms with E-state index in [1.807, 2.05) is 25.7 Å². The Kier molecular flexibility index (Phi) is 9.26.